The van der Waals surface area contributed by atoms with Crippen LogP contribution in [0.15, 0.2) is 167 Å². The molecule has 11 heteroatoms. The molecule has 1 N–H and O–H groups in total. The fraction of sp³-hybridized carbons (Fsp3) is 0.0889. The van der Waals surface area contributed by atoms with E-state index >= 15 is 0 Å². The highest BCUT2D eigenvalue weighted by Crippen LogP contribution is 2.37. The molecule has 1 aliphatic rings. The van der Waals surface area contributed by atoms with E-state index in [1.807, 2.05) is 134 Å². The molecular formula is C45H35N5O5S. The highest BCUT2D eigenvalue weighted by Gasteiger charge is 2.33. The first kappa shape index (κ1) is 35.9. The molecule has 1 atom stereocenters. The maximum atomic E-state index is 14.8. The molecule has 8 rings (SSSR count). The number of allylic oxidation sites excluding steroid dienone is 1. The molecule has 0 fully saturated rings. The molecule has 1 aliphatic heterocycles. The number of nitrogens with one attached hydrogen (secondary N) is 1. The predicted octanol–water partition coefficient (Wildman–Crippen LogP) is 8.31. The molecule has 3 heterocycles. The molecular weight excluding hydrogens is 723 g/mol. The van der Waals surface area contributed by atoms with Gasteiger partial charge in [-0.05, 0) is 79.1 Å². The summed E-state index contributed by atoms with van der Waals surface area (Å²) in [6.07, 6.45) is 1.87. The van der Waals surface area contributed by atoms with Crippen LogP contribution in [0.25, 0.3) is 34.3 Å². The molecule has 0 bridgehead atoms. The Kier molecular flexibility index (Phi) is 9.82. The standard InChI is InChI=1S/C45H35N5O5S/c1-3-55-37-25-19-32(20-26-37)42-40(43(51)47-34-17-11-6-12-18-34)29(2)46-45-49(42)44(52)39(56-45)28-33-27-38(30-13-7-4-8-14-30)48(41(33)31-15-9-5-10-16-31)35-21-23-36(24-22-35)50(53)54/h4-28,42H,3H2,1-2H3,(H,47,51)/b39-28-/t42-/m1/s1. The minimum atomic E-state index is -0.772. The number of fused-ring (bicyclic) bond motifs is 1. The molecule has 0 spiro atoms. The molecule has 2 aromatic heterocycles. The van der Waals surface area contributed by atoms with Crippen LogP contribution in [0.5, 0.6) is 5.75 Å². The quantitative estimate of drug-likeness (QED) is 0.111. The zero-order valence-electron chi connectivity index (χ0n) is 30.5. The molecule has 5 aromatic carbocycles. The van der Waals surface area contributed by atoms with Crippen LogP contribution in [-0.4, -0.2) is 26.6 Å². The topological polar surface area (TPSA) is 121 Å². The largest absolute Gasteiger partial charge is 0.494 e. The van der Waals surface area contributed by atoms with Gasteiger partial charge in [-0.15, -0.1) is 0 Å². The first-order chi connectivity index (χ1) is 27.3. The van der Waals surface area contributed by atoms with Crippen LogP contribution in [0.2, 0.25) is 0 Å². The van der Waals surface area contributed by atoms with Gasteiger partial charge in [-0.25, -0.2) is 4.99 Å². The second-order valence-corrected chi connectivity index (χ2v) is 14.1. The smallest absolute Gasteiger partial charge is 0.271 e. The number of aromatic nitrogens is 2. The summed E-state index contributed by atoms with van der Waals surface area (Å²) in [6.45, 7) is 4.21. The summed E-state index contributed by atoms with van der Waals surface area (Å²) >= 11 is 1.26. The number of anilines is 1. The first-order valence-corrected chi connectivity index (χ1v) is 18.9. The van der Waals surface area contributed by atoms with E-state index in [0.29, 0.717) is 38.6 Å². The summed E-state index contributed by atoms with van der Waals surface area (Å²) < 4.78 is 9.81. The third-order valence-corrected chi connectivity index (χ3v) is 10.5. The van der Waals surface area contributed by atoms with Gasteiger partial charge in [-0.2, -0.15) is 0 Å². The van der Waals surface area contributed by atoms with Crippen LogP contribution in [0.3, 0.4) is 0 Å². The average molecular weight is 758 g/mol. The average Bonchev–Trinajstić information content (AvgIpc) is 3.75. The van der Waals surface area contributed by atoms with E-state index in [0.717, 1.165) is 39.3 Å². The maximum Gasteiger partial charge on any atom is 0.271 e. The van der Waals surface area contributed by atoms with Crippen molar-refractivity contribution in [1.29, 1.82) is 0 Å². The summed E-state index contributed by atoms with van der Waals surface area (Å²) in [5.74, 6) is 0.324. The maximum absolute atomic E-state index is 14.8. The molecule has 0 radical (unpaired) electrons. The third kappa shape index (κ3) is 6.87. The van der Waals surface area contributed by atoms with Crippen LogP contribution < -0.4 is 24.9 Å². The predicted molar refractivity (Wildman–Crippen MR) is 220 cm³/mol. The molecule has 1 amide bonds. The first-order valence-electron chi connectivity index (χ1n) is 18.0. The van der Waals surface area contributed by atoms with Crippen molar-refractivity contribution in [2.75, 3.05) is 11.9 Å². The number of amides is 1. The normalized spacial score (nSPS) is 13.9. The Morgan fingerprint density at radius 1 is 0.875 bits per heavy atom. The van der Waals surface area contributed by atoms with Crippen molar-refractivity contribution in [2.24, 2.45) is 4.99 Å². The Hall–Kier alpha value is -7.11. The summed E-state index contributed by atoms with van der Waals surface area (Å²) in [5, 5.41) is 14.6. The van der Waals surface area contributed by atoms with Gasteiger partial charge in [0, 0.05) is 29.1 Å². The highest BCUT2D eigenvalue weighted by atomic mass is 32.1. The number of rotatable bonds is 10. The Balaban J connectivity index is 1.34. The van der Waals surface area contributed by atoms with Crippen molar-refractivity contribution in [3.8, 4) is 34.0 Å². The molecule has 0 aliphatic carbocycles. The van der Waals surface area contributed by atoms with Crippen molar-refractivity contribution in [3.05, 3.63) is 198 Å². The number of benzene rings is 5. The molecule has 7 aromatic rings. The fourth-order valence-corrected chi connectivity index (χ4v) is 8.08. The Labute approximate surface area is 325 Å². The van der Waals surface area contributed by atoms with Gasteiger partial charge in [0.25, 0.3) is 17.2 Å². The van der Waals surface area contributed by atoms with Crippen molar-refractivity contribution >= 4 is 34.7 Å². The van der Waals surface area contributed by atoms with E-state index < -0.39 is 11.0 Å². The molecule has 56 heavy (non-hydrogen) atoms. The Morgan fingerprint density at radius 2 is 1.50 bits per heavy atom. The van der Waals surface area contributed by atoms with Gasteiger partial charge < -0.3 is 14.6 Å². The van der Waals surface area contributed by atoms with Crippen LogP contribution in [0.1, 0.15) is 31.0 Å². The van der Waals surface area contributed by atoms with Crippen LogP contribution in [0.4, 0.5) is 11.4 Å². The summed E-state index contributed by atoms with van der Waals surface area (Å²) in [4.78, 5) is 45.4. The number of hydrogen-bond acceptors (Lipinski definition) is 7. The van der Waals surface area contributed by atoms with E-state index in [1.54, 1.807) is 23.6 Å². The molecule has 0 unspecified atom stereocenters. The lowest BCUT2D eigenvalue weighted by molar-refractivity contribution is -0.384. The minimum absolute atomic E-state index is 0.0149. The van der Waals surface area contributed by atoms with E-state index in [2.05, 4.69) is 9.88 Å². The van der Waals surface area contributed by atoms with E-state index in [-0.39, 0.29) is 17.2 Å². The van der Waals surface area contributed by atoms with Crippen molar-refractivity contribution in [1.82, 2.24) is 9.13 Å². The monoisotopic (exact) mass is 757 g/mol. The van der Waals surface area contributed by atoms with Crippen LogP contribution in [0, 0.1) is 10.1 Å². The molecule has 0 saturated carbocycles. The van der Waals surface area contributed by atoms with Crippen molar-refractivity contribution in [2.45, 2.75) is 19.9 Å². The zero-order chi connectivity index (χ0) is 38.8. The lowest BCUT2D eigenvalue weighted by Crippen LogP contribution is -2.40. The van der Waals surface area contributed by atoms with Gasteiger partial charge in [0.2, 0.25) is 0 Å². The molecule has 276 valence electrons. The second-order valence-electron chi connectivity index (χ2n) is 13.1. The van der Waals surface area contributed by atoms with Gasteiger partial charge in [0.15, 0.2) is 4.80 Å². The number of para-hydroxylation sites is 1. The van der Waals surface area contributed by atoms with Crippen molar-refractivity contribution in [3.63, 3.8) is 0 Å². The molecule has 10 nitrogen and oxygen atoms in total. The third-order valence-electron chi connectivity index (χ3n) is 9.56. The van der Waals surface area contributed by atoms with Gasteiger partial charge in [0.1, 0.15) is 5.75 Å². The SMILES string of the molecule is CCOc1ccc([C@@H]2C(C(=O)Nc3ccccc3)=C(C)N=c3s/c(=C\c4cc(-c5ccccc5)n(-c5ccc([N+](=O)[O-])cc5)c4-c4ccccc4)c(=O)n32)cc1. The van der Waals surface area contributed by atoms with E-state index in [4.69, 9.17) is 9.73 Å². The molecule has 0 saturated heterocycles. The lowest BCUT2D eigenvalue weighted by Gasteiger charge is -2.25. The number of thiazole rings is 1. The minimum Gasteiger partial charge on any atom is -0.494 e. The lowest BCUT2D eigenvalue weighted by atomic mass is 9.95. The second kappa shape index (κ2) is 15.3. The number of carbonyl (C=O) groups excluding carboxylic acids is 1. The zero-order valence-corrected chi connectivity index (χ0v) is 31.3. The summed E-state index contributed by atoms with van der Waals surface area (Å²) in [5.41, 5.74) is 6.82. The van der Waals surface area contributed by atoms with E-state index in [1.165, 1.54) is 23.5 Å². The number of nitrogens with zero attached hydrogens (tertiary/aromatic N) is 4. The van der Waals surface area contributed by atoms with Crippen LogP contribution in [-0.2, 0) is 4.79 Å². The van der Waals surface area contributed by atoms with Gasteiger partial charge in [-0.1, -0.05) is 102 Å². The number of carbonyl (C=O) groups is 1. The van der Waals surface area contributed by atoms with E-state index in [9.17, 15) is 19.7 Å². The number of nitro groups is 1. The number of ether oxygens (including phenoxy) is 1. The Morgan fingerprint density at radius 3 is 2.12 bits per heavy atom. The Bertz CT molecular complexity index is 2790. The van der Waals surface area contributed by atoms with Gasteiger partial charge >= 0.3 is 0 Å². The van der Waals surface area contributed by atoms with Gasteiger partial charge in [-0.3, -0.25) is 24.3 Å². The van der Waals surface area contributed by atoms with Gasteiger partial charge in [0.05, 0.1) is 44.8 Å². The van der Waals surface area contributed by atoms with Crippen molar-refractivity contribution < 1.29 is 14.5 Å². The number of hydrogen-bond donors (Lipinski definition) is 1. The summed E-state index contributed by atoms with van der Waals surface area (Å²) in [7, 11) is 0. The van der Waals surface area contributed by atoms with Crippen LogP contribution >= 0.6 is 11.3 Å². The number of non-ortho nitro benzene ring substituents is 1. The summed E-state index contributed by atoms with van der Waals surface area (Å²) in [6, 6.07) is 44.0. The highest BCUT2D eigenvalue weighted by molar-refractivity contribution is 7.07. The number of nitro benzene ring substituents is 1. The fourth-order valence-electron chi connectivity index (χ4n) is 7.05.